The quantitative estimate of drug-likeness (QED) is 0.424. The number of carbonyl (C=O) groups is 4. The summed E-state index contributed by atoms with van der Waals surface area (Å²) < 4.78 is 16.5. The van der Waals surface area contributed by atoms with E-state index in [4.69, 9.17) is 19.3 Å². The minimum Gasteiger partial charge on any atom is -0.494 e. The summed E-state index contributed by atoms with van der Waals surface area (Å²) in [7, 11) is 0. The molecular formula is C24H24N2O8. The van der Waals surface area contributed by atoms with Crippen molar-refractivity contribution in [2.45, 2.75) is 26.9 Å². The van der Waals surface area contributed by atoms with E-state index < -0.39 is 29.9 Å². The van der Waals surface area contributed by atoms with E-state index in [0.29, 0.717) is 17.9 Å². The molecular weight excluding hydrogens is 444 g/mol. The highest BCUT2D eigenvalue weighted by atomic mass is 16.5. The van der Waals surface area contributed by atoms with Crippen molar-refractivity contribution in [1.82, 2.24) is 5.32 Å². The molecule has 0 aliphatic carbocycles. The van der Waals surface area contributed by atoms with Crippen LogP contribution >= 0.6 is 0 Å². The first-order valence-corrected chi connectivity index (χ1v) is 10.6. The van der Waals surface area contributed by atoms with Crippen molar-refractivity contribution in [1.29, 1.82) is 0 Å². The van der Waals surface area contributed by atoms with E-state index in [1.165, 1.54) is 25.1 Å². The van der Waals surface area contributed by atoms with E-state index in [0.717, 1.165) is 4.90 Å². The molecule has 3 rings (SSSR count). The second kappa shape index (κ2) is 10.5. The maximum Gasteiger partial charge on any atom is 0.344 e. The van der Waals surface area contributed by atoms with Crippen LogP contribution in [-0.4, -0.2) is 48.2 Å². The highest BCUT2D eigenvalue weighted by Crippen LogP contribution is 2.35. The number of benzene rings is 2. The number of barbiturate groups is 1. The van der Waals surface area contributed by atoms with Crippen LogP contribution in [0.1, 0.15) is 26.3 Å². The number of ether oxygens (including phenoxy) is 3. The number of carboxylic acid groups (broad SMARTS) is 1. The normalized spacial score (nSPS) is 15.7. The van der Waals surface area contributed by atoms with Crippen molar-refractivity contribution < 1.29 is 38.5 Å². The van der Waals surface area contributed by atoms with Gasteiger partial charge in [-0.2, -0.15) is 0 Å². The Morgan fingerprint density at radius 1 is 1.06 bits per heavy atom. The average Bonchev–Trinajstić information content (AvgIpc) is 2.79. The highest BCUT2D eigenvalue weighted by molar-refractivity contribution is 6.39. The fraction of sp³-hybridized carbons (Fsp3) is 0.250. The lowest BCUT2D eigenvalue weighted by molar-refractivity contribution is -0.144. The Morgan fingerprint density at radius 3 is 2.44 bits per heavy atom. The molecule has 0 unspecified atom stereocenters. The monoisotopic (exact) mass is 468 g/mol. The molecule has 10 heteroatoms. The van der Waals surface area contributed by atoms with Crippen molar-refractivity contribution in [3.63, 3.8) is 0 Å². The Labute approximate surface area is 195 Å². The van der Waals surface area contributed by atoms with Gasteiger partial charge in [-0.15, -0.1) is 0 Å². The Balaban J connectivity index is 2.03. The van der Waals surface area contributed by atoms with Gasteiger partial charge in [-0.05, 0) is 45.0 Å². The Kier molecular flexibility index (Phi) is 7.52. The van der Waals surface area contributed by atoms with Crippen LogP contribution in [-0.2, 0) is 14.4 Å². The molecule has 1 heterocycles. The third-order valence-corrected chi connectivity index (χ3v) is 4.76. The lowest BCUT2D eigenvalue weighted by Gasteiger charge is -2.28. The first kappa shape index (κ1) is 24.3. The van der Waals surface area contributed by atoms with Crippen LogP contribution in [0.25, 0.3) is 6.08 Å². The molecule has 1 aliphatic heterocycles. The van der Waals surface area contributed by atoms with Gasteiger partial charge in [0.2, 0.25) is 0 Å². The lowest BCUT2D eigenvalue weighted by atomic mass is 10.1. The predicted molar refractivity (Wildman–Crippen MR) is 122 cm³/mol. The standard InChI is InChI=1S/C24H24N2O8/c1-4-32-16-10-11-18(20(13-16)33-5-2)26-22(28)17(21(27)25-24(26)31)12-15-8-6-7-9-19(15)34-14(3)23(29)30/h6-14H,4-5H2,1-3H3,(H,29,30)(H,25,27,31)/b17-12+/t14-/m1/s1. The van der Waals surface area contributed by atoms with Crippen LogP contribution in [0.2, 0.25) is 0 Å². The molecule has 4 amide bonds. The first-order chi connectivity index (χ1) is 16.3. The number of carboxylic acids is 1. The van der Waals surface area contributed by atoms with Crippen LogP contribution in [0.5, 0.6) is 17.2 Å². The third-order valence-electron chi connectivity index (χ3n) is 4.76. The van der Waals surface area contributed by atoms with Crippen molar-refractivity contribution in [2.24, 2.45) is 0 Å². The number of para-hydroxylation sites is 1. The van der Waals surface area contributed by atoms with Gasteiger partial charge in [-0.25, -0.2) is 14.5 Å². The number of imide groups is 2. The number of aliphatic carboxylic acids is 1. The zero-order chi connectivity index (χ0) is 24.8. The van der Waals surface area contributed by atoms with Gasteiger partial charge in [0, 0.05) is 11.6 Å². The molecule has 0 aromatic heterocycles. The predicted octanol–water partition coefficient (Wildman–Crippen LogP) is 3.00. The summed E-state index contributed by atoms with van der Waals surface area (Å²) in [6.45, 7) is 5.60. The molecule has 0 spiro atoms. The molecule has 1 atom stereocenters. The Bertz CT molecular complexity index is 1160. The SMILES string of the molecule is CCOc1ccc(N2C(=O)NC(=O)/C(=C\c3ccccc3O[C@H](C)C(=O)O)C2=O)c(OCC)c1. The van der Waals surface area contributed by atoms with Gasteiger partial charge in [0.1, 0.15) is 22.8 Å². The summed E-state index contributed by atoms with van der Waals surface area (Å²) in [6, 6.07) is 10.0. The second-order valence-corrected chi connectivity index (χ2v) is 7.09. The summed E-state index contributed by atoms with van der Waals surface area (Å²) in [4.78, 5) is 50.5. The number of anilines is 1. The number of rotatable bonds is 9. The third kappa shape index (κ3) is 5.17. The zero-order valence-electron chi connectivity index (χ0n) is 18.9. The fourth-order valence-corrected chi connectivity index (χ4v) is 3.19. The molecule has 34 heavy (non-hydrogen) atoms. The number of carbonyl (C=O) groups excluding carboxylic acids is 3. The number of hydrogen-bond donors (Lipinski definition) is 2. The van der Waals surface area contributed by atoms with Gasteiger partial charge >= 0.3 is 12.0 Å². The van der Waals surface area contributed by atoms with Gasteiger partial charge in [-0.3, -0.25) is 14.9 Å². The van der Waals surface area contributed by atoms with Gasteiger partial charge in [-0.1, -0.05) is 18.2 Å². The molecule has 1 saturated heterocycles. The van der Waals surface area contributed by atoms with Crippen LogP contribution in [0.15, 0.2) is 48.0 Å². The molecule has 2 aromatic rings. The van der Waals surface area contributed by atoms with E-state index in [1.807, 2.05) is 6.92 Å². The van der Waals surface area contributed by atoms with Crippen molar-refractivity contribution in [3.05, 3.63) is 53.6 Å². The van der Waals surface area contributed by atoms with Gasteiger partial charge < -0.3 is 19.3 Å². The van der Waals surface area contributed by atoms with Gasteiger partial charge in [0.05, 0.1) is 18.9 Å². The van der Waals surface area contributed by atoms with E-state index in [2.05, 4.69) is 5.32 Å². The molecule has 1 fully saturated rings. The fourth-order valence-electron chi connectivity index (χ4n) is 3.19. The largest absolute Gasteiger partial charge is 0.494 e. The number of nitrogens with one attached hydrogen (secondary N) is 1. The van der Waals surface area contributed by atoms with Crippen LogP contribution in [0.4, 0.5) is 10.5 Å². The van der Waals surface area contributed by atoms with Gasteiger partial charge in [0.15, 0.2) is 6.10 Å². The highest BCUT2D eigenvalue weighted by Gasteiger charge is 2.38. The molecule has 1 aliphatic rings. The molecule has 0 radical (unpaired) electrons. The minimum atomic E-state index is -1.18. The smallest absolute Gasteiger partial charge is 0.344 e. The van der Waals surface area contributed by atoms with E-state index in [9.17, 15) is 19.2 Å². The summed E-state index contributed by atoms with van der Waals surface area (Å²) in [5.41, 5.74) is 0.0883. The molecule has 178 valence electrons. The number of nitrogens with zero attached hydrogens (tertiary/aromatic N) is 1. The summed E-state index contributed by atoms with van der Waals surface area (Å²) in [5.74, 6) is -2.07. The molecule has 0 saturated carbocycles. The Hall–Kier alpha value is -4.34. The topological polar surface area (TPSA) is 131 Å². The number of amides is 4. The molecule has 0 bridgehead atoms. The summed E-state index contributed by atoms with van der Waals surface area (Å²) >= 11 is 0. The second-order valence-electron chi connectivity index (χ2n) is 7.09. The van der Waals surface area contributed by atoms with Crippen molar-refractivity contribution in [3.8, 4) is 17.2 Å². The zero-order valence-corrected chi connectivity index (χ0v) is 18.9. The minimum absolute atomic E-state index is 0.134. The lowest BCUT2D eigenvalue weighted by Crippen LogP contribution is -2.54. The number of hydrogen-bond acceptors (Lipinski definition) is 7. The van der Waals surface area contributed by atoms with E-state index in [-0.39, 0.29) is 29.4 Å². The summed E-state index contributed by atoms with van der Waals surface area (Å²) in [6.07, 6.45) is 0.0850. The van der Waals surface area contributed by atoms with Crippen molar-refractivity contribution >= 4 is 35.6 Å². The van der Waals surface area contributed by atoms with Crippen LogP contribution < -0.4 is 24.4 Å². The maximum atomic E-state index is 13.3. The molecule has 2 aromatic carbocycles. The molecule has 2 N–H and O–H groups in total. The average molecular weight is 468 g/mol. The van der Waals surface area contributed by atoms with Gasteiger partial charge in [0.25, 0.3) is 11.8 Å². The van der Waals surface area contributed by atoms with E-state index in [1.54, 1.807) is 37.3 Å². The summed E-state index contributed by atoms with van der Waals surface area (Å²) in [5, 5.41) is 11.3. The van der Waals surface area contributed by atoms with Crippen molar-refractivity contribution in [2.75, 3.05) is 18.1 Å². The van der Waals surface area contributed by atoms with Crippen LogP contribution in [0, 0.1) is 0 Å². The molecule has 10 nitrogen and oxygen atoms in total. The van der Waals surface area contributed by atoms with E-state index >= 15 is 0 Å². The Morgan fingerprint density at radius 2 is 1.76 bits per heavy atom. The first-order valence-electron chi connectivity index (χ1n) is 10.6. The maximum absolute atomic E-state index is 13.3. The number of urea groups is 1. The van der Waals surface area contributed by atoms with Crippen LogP contribution in [0.3, 0.4) is 0 Å².